The van der Waals surface area contributed by atoms with Gasteiger partial charge in [0.1, 0.15) is 22.8 Å². The van der Waals surface area contributed by atoms with Crippen molar-refractivity contribution in [3.63, 3.8) is 0 Å². The molecular weight excluding hydrogens is 406 g/mol. The Morgan fingerprint density at radius 1 is 1.19 bits per heavy atom. The minimum Gasteiger partial charge on any atom is -0.496 e. The van der Waals surface area contributed by atoms with Crippen LogP contribution in [0.1, 0.15) is 30.9 Å². The molecule has 1 aliphatic carbocycles. The van der Waals surface area contributed by atoms with E-state index in [0.29, 0.717) is 6.42 Å². The van der Waals surface area contributed by atoms with Crippen LogP contribution in [-0.4, -0.2) is 17.9 Å². The number of anilines is 1. The lowest BCUT2D eigenvalue weighted by Gasteiger charge is -2.30. The van der Waals surface area contributed by atoms with Gasteiger partial charge in [-0.2, -0.15) is 0 Å². The number of Topliss-reactive ketones (excluding diaryl/α,β-unsaturated/α-hetero) is 1. The molecule has 2 aromatic carbocycles. The zero-order chi connectivity index (χ0) is 18.5. The minimum atomic E-state index is -0.229. The predicted octanol–water partition coefficient (Wildman–Crippen LogP) is 4.25. The number of carbonyl (C=O) groups is 1. The molecule has 0 fully saturated rings. The highest BCUT2D eigenvalue weighted by atomic mass is 79.9. The Bertz CT molecular complexity index is 1120. The molecule has 2 heterocycles. The Labute approximate surface area is 165 Å². The number of ketones is 1. The van der Waals surface area contributed by atoms with Gasteiger partial charge >= 0.3 is 5.95 Å². The minimum absolute atomic E-state index is 0.208. The first-order valence-electron chi connectivity index (χ1n) is 9.06. The maximum atomic E-state index is 13.0. The van der Waals surface area contributed by atoms with E-state index in [-0.39, 0.29) is 11.8 Å². The van der Waals surface area contributed by atoms with E-state index in [9.17, 15) is 4.79 Å². The van der Waals surface area contributed by atoms with Crippen LogP contribution in [0.5, 0.6) is 5.75 Å². The van der Waals surface area contributed by atoms with Crippen LogP contribution in [0.15, 0.2) is 58.2 Å². The summed E-state index contributed by atoms with van der Waals surface area (Å²) in [6, 6.07) is 13.9. The van der Waals surface area contributed by atoms with Crippen molar-refractivity contribution in [2.24, 2.45) is 0 Å². The number of carbonyl (C=O) groups excluding carboxylic acids is 1. The summed E-state index contributed by atoms with van der Waals surface area (Å²) in [4.78, 5) is 16.5. The Morgan fingerprint density at radius 2 is 2.04 bits per heavy atom. The molecule has 1 unspecified atom stereocenters. The number of aromatic nitrogens is 2. The first-order valence-corrected chi connectivity index (χ1v) is 9.85. The number of aromatic amines is 1. The Kier molecular flexibility index (Phi) is 3.82. The highest BCUT2D eigenvalue weighted by Gasteiger charge is 2.42. The third-order valence-corrected chi connectivity index (χ3v) is 5.89. The van der Waals surface area contributed by atoms with Crippen LogP contribution in [0.2, 0.25) is 0 Å². The molecule has 0 radical (unpaired) electrons. The number of nitrogens with zero attached hydrogens (tertiary/aromatic N) is 1. The van der Waals surface area contributed by atoms with Crippen LogP contribution in [0.4, 0.5) is 5.95 Å². The molecule has 3 aromatic rings. The van der Waals surface area contributed by atoms with Crippen molar-refractivity contribution in [2.75, 3.05) is 12.4 Å². The number of allylic oxidation sites excluding steroid dienone is 2. The van der Waals surface area contributed by atoms with Gasteiger partial charge in [-0.3, -0.25) is 4.79 Å². The van der Waals surface area contributed by atoms with Crippen LogP contribution < -0.4 is 14.6 Å². The molecule has 0 saturated carbocycles. The Hall–Kier alpha value is -2.60. The molecule has 0 amide bonds. The largest absolute Gasteiger partial charge is 0.496 e. The summed E-state index contributed by atoms with van der Waals surface area (Å²) in [5, 5.41) is 3.48. The molecular formula is C21H19BrN3O2+. The first kappa shape index (κ1) is 16.6. The highest BCUT2D eigenvalue weighted by Crippen LogP contribution is 2.41. The van der Waals surface area contributed by atoms with E-state index in [4.69, 9.17) is 4.74 Å². The molecule has 5 rings (SSSR count). The molecule has 0 bridgehead atoms. The molecule has 1 aromatic heterocycles. The normalized spacial score (nSPS) is 18.9. The van der Waals surface area contributed by atoms with E-state index in [1.54, 1.807) is 7.11 Å². The van der Waals surface area contributed by atoms with Crippen molar-refractivity contribution in [2.45, 2.75) is 25.3 Å². The topological polar surface area (TPSA) is 58.0 Å². The number of benzene rings is 2. The molecule has 0 saturated heterocycles. The fraction of sp³-hybridized carbons (Fsp3) is 0.238. The SMILES string of the molecule is COc1ccc(Br)cc1C1C2=C(CCCC2=O)Nc2[nH]c3ccccc3[n+]21. The van der Waals surface area contributed by atoms with Gasteiger partial charge < -0.3 is 4.74 Å². The Balaban J connectivity index is 1.85. The zero-order valence-electron chi connectivity index (χ0n) is 14.9. The van der Waals surface area contributed by atoms with Crippen molar-refractivity contribution in [3.8, 4) is 5.75 Å². The average molecular weight is 425 g/mol. The monoisotopic (exact) mass is 424 g/mol. The summed E-state index contributed by atoms with van der Waals surface area (Å²) in [7, 11) is 1.67. The predicted molar refractivity (Wildman–Crippen MR) is 107 cm³/mol. The second kappa shape index (κ2) is 6.23. The number of halogens is 1. The number of imidazole rings is 1. The van der Waals surface area contributed by atoms with Gasteiger partial charge in [-0.25, -0.2) is 14.9 Å². The smallest absolute Gasteiger partial charge is 0.361 e. The van der Waals surface area contributed by atoms with Crippen LogP contribution in [0, 0.1) is 0 Å². The highest BCUT2D eigenvalue weighted by molar-refractivity contribution is 9.10. The van der Waals surface area contributed by atoms with Gasteiger partial charge in [-0.1, -0.05) is 28.1 Å². The molecule has 5 nitrogen and oxygen atoms in total. The van der Waals surface area contributed by atoms with Gasteiger partial charge in [0.05, 0.1) is 18.4 Å². The third-order valence-electron chi connectivity index (χ3n) is 5.40. The number of fused-ring (bicyclic) bond motifs is 3. The zero-order valence-corrected chi connectivity index (χ0v) is 16.5. The molecule has 2 aliphatic rings. The summed E-state index contributed by atoms with van der Waals surface area (Å²) in [5.41, 5.74) is 4.93. The first-order chi connectivity index (χ1) is 13.2. The van der Waals surface area contributed by atoms with Gasteiger partial charge in [0, 0.05) is 22.9 Å². The van der Waals surface area contributed by atoms with Gasteiger partial charge in [0.25, 0.3) is 0 Å². The lowest BCUT2D eigenvalue weighted by molar-refractivity contribution is -0.666. The molecule has 27 heavy (non-hydrogen) atoms. The summed E-state index contributed by atoms with van der Waals surface area (Å²) < 4.78 is 8.82. The van der Waals surface area contributed by atoms with Crippen molar-refractivity contribution in [1.82, 2.24) is 4.98 Å². The van der Waals surface area contributed by atoms with E-state index in [1.165, 1.54) is 0 Å². The molecule has 1 atom stereocenters. The van der Waals surface area contributed by atoms with E-state index < -0.39 is 0 Å². The van der Waals surface area contributed by atoms with Crippen molar-refractivity contribution < 1.29 is 14.1 Å². The summed E-state index contributed by atoms with van der Waals surface area (Å²) in [5.74, 6) is 1.88. The number of hydrogen-bond acceptors (Lipinski definition) is 3. The fourth-order valence-electron chi connectivity index (χ4n) is 4.25. The van der Waals surface area contributed by atoms with E-state index in [1.807, 2.05) is 24.3 Å². The van der Waals surface area contributed by atoms with Gasteiger partial charge in [-0.05, 0) is 36.8 Å². The number of nitrogens with one attached hydrogen (secondary N) is 2. The third kappa shape index (κ3) is 2.51. The quantitative estimate of drug-likeness (QED) is 0.604. The van der Waals surface area contributed by atoms with E-state index in [0.717, 1.165) is 56.9 Å². The van der Waals surface area contributed by atoms with Crippen LogP contribution in [0.3, 0.4) is 0 Å². The van der Waals surface area contributed by atoms with Gasteiger partial charge in [-0.15, -0.1) is 0 Å². The molecule has 136 valence electrons. The van der Waals surface area contributed by atoms with Gasteiger partial charge in [0.2, 0.25) is 0 Å². The van der Waals surface area contributed by atoms with E-state index in [2.05, 4.69) is 49.0 Å². The summed E-state index contributed by atoms with van der Waals surface area (Å²) in [6.45, 7) is 0. The number of hydrogen-bond donors (Lipinski definition) is 2. The van der Waals surface area contributed by atoms with Gasteiger partial charge in [0.15, 0.2) is 5.78 Å². The fourth-order valence-corrected chi connectivity index (χ4v) is 4.63. The average Bonchev–Trinajstić information content (AvgIpc) is 3.04. The van der Waals surface area contributed by atoms with Crippen LogP contribution in [-0.2, 0) is 4.79 Å². The van der Waals surface area contributed by atoms with Crippen molar-refractivity contribution >= 4 is 38.7 Å². The lowest BCUT2D eigenvalue weighted by atomic mass is 9.85. The second-order valence-corrected chi connectivity index (χ2v) is 7.86. The lowest BCUT2D eigenvalue weighted by Crippen LogP contribution is -2.49. The maximum absolute atomic E-state index is 13.0. The number of para-hydroxylation sites is 2. The molecule has 1 aliphatic heterocycles. The Morgan fingerprint density at radius 3 is 2.89 bits per heavy atom. The summed E-state index contributed by atoms with van der Waals surface area (Å²) >= 11 is 3.59. The maximum Gasteiger partial charge on any atom is 0.361 e. The summed E-state index contributed by atoms with van der Waals surface area (Å²) in [6.07, 6.45) is 2.35. The van der Waals surface area contributed by atoms with Crippen LogP contribution in [0.25, 0.3) is 11.0 Å². The van der Waals surface area contributed by atoms with Crippen molar-refractivity contribution in [3.05, 3.63) is 63.8 Å². The molecule has 0 spiro atoms. The van der Waals surface area contributed by atoms with Crippen molar-refractivity contribution in [1.29, 1.82) is 0 Å². The number of H-pyrrole nitrogens is 1. The number of ether oxygens (including phenoxy) is 1. The number of rotatable bonds is 2. The molecule has 6 heteroatoms. The second-order valence-electron chi connectivity index (χ2n) is 6.94. The number of methoxy groups -OCH3 is 1. The molecule has 2 N–H and O–H groups in total. The van der Waals surface area contributed by atoms with E-state index >= 15 is 0 Å². The standard InChI is InChI=1S/C21H18BrN3O2/c1-27-18-10-9-12(22)11-13(18)20-19-15(6-4-8-17(19)26)24-21-23-14-5-2-3-7-16(14)25(20)21/h2-3,5,7,9-11,20H,4,6,8H2,1H3,(H,23,24,26)/p+1. The van der Waals surface area contributed by atoms with Crippen LogP contribution >= 0.6 is 15.9 Å².